The molecule has 34 heteroatoms. The van der Waals surface area contributed by atoms with E-state index in [9.17, 15) is 53.1 Å². The summed E-state index contributed by atoms with van der Waals surface area (Å²) in [4.78, 5) is 159. The number of piperidine rings is 2. The molecule has 10 heterocycles. The molecule has 0 spiro atoms. The summed E-state index contributed by atoms with van der Waals surface area (Å²) in [6.45, 7) is 13.5. The van der Waals surface area contributed by atoms with Crippen molar-refractivity contribution in [3.05, 3.63) is 255 Å². The predicted octanol–water partition coefficient (Wildman–Crippen LogP) is 16.0. The number of ether oxygens (including phenoxy) is 8. The van der Waals surface area contributed by atoms with Crippen LogP contribution in [0.2, 0.25) is 0 Å². The Hall–Kier alpha value is -13.6. The Balaban J connectivity index is 0.000000193. The van der Waals surface area contributed by atoms with Crippen molar-refractivity contribution in [1.29, 1.82) is 0 Å². The zero-order valence-electron chi connectivity index (χ0n) is 73.5. The summed E-state index contributed by atoms with van der Waals surface area (Å²) in [6, 6.07) is 40.0. The minimum absolute atomic E-state index is 0.00845. The van der Waals surface area contributed by atoms with E-state index < -0.39 is 55.3 Å². The van der Waals surface area contributed by atoms with Crippen LogP contribution in [0.1, 0.15) is 183 Å². The summed E-state index contributed by atoms with van der Waals surface area (Å²) < 4.78 is 54.0. The number of aromatic carboxylic acids is 1. The zero-order valence-corrected chi connectivity index (χ0v) is 75.2. The van der Waals surface area contributed by atoms with Crippen molar-refractivity contribution in [2.24, 2.45) is 14.1 Å². The van der Waals surface area contributed by atoms with Crippen LogP contribution in [0.25, 0.3) is 20.4 Å². The predicted molar refractivity (Wildman–Crippen MR) is 494 cm³/mol. The van der Waals surface area contributed by atoms with Crippen molar-refractivity contribution in [3.63, 3.8) is 0 Å². The van der Waals surface area contributed by atoms with E-state index >= 15 is 0 Å². The fourth-order valence-corrected chi connectivity index (χ4v) is 19.1. The first-order valence-electron chi connectivity index (χ1n) is 44.1. The number of hydrogen-bond acceptors (Lipinski definition) is 24. The van der Waals surface area contributed by atoms with Gasteiger partial charge in [-0.15, -0.1) is 22.7 Å². The standard InChI is InChI=1S/C52H53N7O9S.C46H48N6O10S/c1-4-22-66-52(64)59-40-28-42(32(2)24-37(40)50(63)58-21-10-8-17-39(58)51(59)68-47-18-9-11-23-65-47)67-31-34-14-12-13-33(25-34)26-45(61)55-44-30-57(3)48(56-44)41(60)29-46-54-38-27-35(19-20-43(38)69-46)49(62)53-36-15-6-5-7-16-36;1-4-17-60-46(58)52-34-23-36(27(2)19-31(34)43(55)51-16-7-5-12-33(51)44(52)62-41-13-6-8-18-59-41)61-26-29-11-9-10-28(20-29)21-39(54)48-38-25-50(3)42(49-38)35(53)24-40-47-32-22-30(45(56)57)14-15-37(32)63-40/h4-7,12-16,19-20,24-25,27-28,30,39,47,51H,1,8-11,17-18,21-23,26,29,31H2,2-3H3,(H,53,62)(H,55,61);4,9-11,14-15,19-20,22-23,25,33,41,44H,1,5-8,12-13,16-18,21,24,26H2,2-3H3,(H,48,54)(H,56,57)/t39-,47?,51?;33-,41?,44?/m00/s1. The molecule has 6 aliphatic heterocycles. The number of aromatic nitrogens is 6. The number of aryl methyl sites for hydroxylation is 4. The molecule has 0 aliphatic carbocycles. The number of para-hydroxylation sites is 1. The number of imidazole rings is 2. The third-order valence-electron chi connectivity index (χ3n) is 23.6. The van der Waals surface area contributed by atoms with Gasteiger partial charge >= 0.3 is 18.2 Å². The molecular formula is C98H101N13O19S2. The molecular weight excluding hydrogens is 1730 g/mol. The van der Waals surface area contributed by atoms with Crippen LogP contribution in [-0.4, -0.2) is 180 Å². The molecule has 4 aromatic heterocycles. The Morgan fingerprint density at radius 1 is 0.500 bits per heavy atom. The lowest BCUT2D eigenvalue weighted by molar-refractivity contribution is -0.199. The number of nitrogens with zero attached hydrogens (tertiary/aromatic N) is 10. The van der Waals surface area contributed by atoms with Gasteiger partial charge in [-0.1, -0.05) is 92.0 Å². The van der Waals surface area contributed by atoms with E-state index in [1.807, 2.05) is 109 Å². The summed E-state index contributed by atoms with van der Waals surface area (Å²) in [5.74, 6) is -1.28. The second-order valence-corrected chi connectivity index (χ2v) is 35.4. The zero-order chi connectivity index (χ0) is 92.2. The summed E-state index contributed by atoms with van der Waals surface area (Å²) in [5, 5.41) is 18.9. The number of amides is 7. The molecule has 0 bridgehead atoms. The number of carboxylic acid groups (broad SMARTS) is 1. The smallest absolute Gasteiger partial charge is 0.416 e. The monoisotopic (exact) mass is 1830 g/mol. The highest BCUT2D eigenvalue weighted by atomic mass is 32.1. The fraction of sp³-hybridized carbons (Fsp3) is 0.347. The molecule has 32 nitrogen and oxygen atoms in total. The van der Waals surface area contributed by atoms with Gasteiger partial charge in [-0.3, -0.25) is 33.6 Å². The average molecular weight is 1830 g/mol. The maximum atomic E-state index is 14.3. The molecule has 4 saturated heterocycles. The van der Waals surface area contributed by atoms with Crippen molar-refractivity contribution < 1.29 is 90.9 Å². The Morgan fingerprint density at radius 3 is 1.39 bits per heavy atom. The molecule has 684 valence electrons. The van der Waals surface area contributed by atoms with E-state index in [1.54, 1.807) is 78.1 Å². The minimum Gasteiger partial charge on any atom is -0.489 e. The second-order valence-electron chi connectivity index (χ2n) is 33.2. The maximum absolute atomic E-state index is 14.3. The third-order valence-corrected chi connectivity index (χ3v) is 25.6. The number of carbonyl (C=O) groups excluding carboxylic acids is 9. The van der Waals surface area contributed by atoms with Crippen LogP contribution in [0.15, 0.2) is 177 Å². The lowest BCUT2D eigenvalue weighted by Gasteiger charge is -2.42. The third kappa shape index (κ3) is 21.5. The van der Waals surface area contributed by atoms with Crippen LogP contribution in [0.4, 0.5) is 38.3 Å². The number of fused-ring (bicyclic) bond motifs is 6. The molecule has 4 fully saturated rings. The Morgan fingerprint density at radius 2 is 0.947 bits per heavy atom. The van der Waals surface area contributed by atoms with Crippen LogP contribution < -0.4 is 35.2 Å². The van der Waals surface area contributed by atoms with Crippen LogP contribution in [0.5, 0.6) is 11.5 Å². The average Bonchev–Trinajstić information content (AvgIpc) is 1.60. The van der Waals surface area contributed by atoms with E-state index in [4.69, 9.17) is 37.9 Å². The largest absolute Gasteiger partial charge is 0.489 e. The van der Waals surface area contributed by atoms with Crippen molar-refractivity contribution in [2.45, 2.75) is 167 Å². The quantitative estimate of drug-likeness (QED) is 0.0250. The van der Waals surface area contributed by atoms with E-state index in [0.29, 0.717) is 135 Å². The van der Waals surface area contributed by atoms with Gasteiger partial charge in [0.15, 0.2) is 48.3 Å². The van der Waals surface area contributed by atoms with Crippen molar-refractivity contribution in [1.82, 2.24) is 38.9 Å². The molecule has 4 unspecified atom stereocenters. The topological polar surface area (TPSA) is 375 Å². The molecule has 132 heavy (non-hydrogen) atoms. The Bertz CT molecular complexity index is 6230. The van der Waals surface area contributed by atoms with E-state index in [2.05, 4.69) is 49.0 Å². The lowest BCUT2D eigenvalue weighted by Crippen LogP contribution is -2.57. The first-order valence-corrected chi connectivity index (χ1v) is 45.7. The van der Waals surface area contributed by atoms with Gasteiger partial charge in [0.1, 0.15) is 47.9 Å². The number of rotatable bonds is 29. The van der Waals surface area contributed by atoms with Crippen LogP contribution in [0, 0.1) is 13.8 Å². The molecule has 0 saturated carbocycles. The first-order chi connectivity index (χ1) is 64.0. The molecule has 7 aromatic carbocycles. The van der Waals surface area contributed by atoms with Crippen LogP contribution >= 0.6 is 22.7 Å². The van der Waals surface area contributed by atoms with Gasteiger partial charge in [0.25, 0.3) is 17.7 Å². The van der Waals surface area contributed by atoms with E-state index in [0.717, 1.165) is 77.5 Å². The molecule has 6 atom stereocenters. The number of carbonyl (C=O) groups is 10. The number of ketones is 2. The number of thiazole rings is 2. The summed E-state index contributed by atoms with van der Waals surface area (Å²) in [5.41, 5.74) is 8.12. The molecule has 11 aromatic rings. The van der Waals surface area contributed by atoms with Crippen LogP contribution in [0.3, 0.4) is 0 Å². The highest BCUT2D eigenvalue weighted by molar-refractivity contribution is 7.19. The molecule has 0 radical (unpaired) electrons. The molecule has 7 amide bonds. The lowest BCUT2D eigenvalue weighted by atomic mass is 10.00. The van der Waals surface area contributed by atoms with Crippen LogP contribution in [-0.2, 0) is 91.0 Å². The summed E-state index contributed by atoms with van der Waals surface area (Å²) in [7, 11) is 3.35. The van der Waals surface area contributed by atoms with Crippen molar-refractivity contribution >= 4 is 131 Å². The minimum atomic E-state index is -1.06. The van der Waals surface area contributed by atoms with E-state index in [1.165, 1.54) is 56.8 Å². The summed E-state index contributed by atoms with van der Waals surface area (Å²) in [6.07, 6.45) is 11.7. The van der Waals surface area contributed by atoms with E-state index in [-0.39, 0.29) is 122 Å². The number of nitrogens with one attached hydrogen (secondary N) is 3. The maximum Gasteiger partial charge on any atom is 0.416 e. The van der Waals surface area contributed by atoms with Crippen molar-refractivity contribution in [3.8, 4) is 11.5 Å². The molecule has 17 rings (SSSR count). The van der Waals surface area contributed by atoms with Gasteiger partial charge in [0.05, 0.1) is 86.3 Å². The van der Waals surface area contributed by atoms with Gasteiger partial charge in [-0.05, 0) is 185 Å². The summed E-state index contributed by atoms with van der Waals surface area (Å²) >= 11 is 2.67. The Kier molecular flexibility index (Phi) is 28.9. The highest BCUT2D eigenvalue weighted by Crippen LogP contribution is 2.44. The van der Waals surface area contributed by atoms with Gasteiger partial charge in [0.2, 0.25) is 23.4 Å². The number of hydrogen-bond donors (Lipinski definition) is 4. The SMILES string of the molecule is C=CCOC(=O)N1c2cc(OCc3cccc(CC(=O)Nc4cn(C)c(C(=O)Cc5nc6cc(C(=O)Nc7ccccc7)ccc6s5)n4)c3)c(C)cc2C(=O)N2CCCC[C@H]2C1OC1CCCCO1.C=CCOC(=O)N1c2cc(OCc3cccc(CC(=O)Nc4cn(C)c(C(=O)Cc5nc6cc(C(=O)O)ccc6s5)n4)c3)c(C)cc2C(=O)N2CCCC[C@H]2C1OC1CCCCO1. The number of carboxylic acids is 1. The Labute approximate surface area is 768 Å². The van der Waals surface area contributed by atoms with Gasteiger partial charge in [-0.2, -0.15) is 0 Å². The van der Waals surface area contributed by atoms with Gasteiger partial charge in [-0.25, -0.2) is 44.1 Å². The fourth-order valence-electron chi connectivity index (χ4n) is 17.2. The number of anilines is 5. The van der Waals surface area contributed by atoms with Gasteiger partial charge in [0, 0.05) is 76.2 Å². The number of Topliss-reactive ketones (excluding diaryl/α,β-unsaturated/α-hetero) is 2. The number of benzene rings is 7. The van der Waals surface area contributed by atoms with Crippen molar-refractivity contribution in [2.75, 3.05) is 65.3 Å². The highest BCUT2D eigenvalue weighted by Gasteiger charge is 2.49. The second kappa shape index (κ2) is 41.6. The first kappa shape index (κ1) is 91.7. The molecule has 6 aliphatic rings. The normalized spacial score (nSPS) is 18.2. The van der Waals surface area contributed by atoms with Gasteiger partial charge < -0.3 is 77.9 Å². The molecule has 4 N–H and O–H groups in total.